The summed E-state index contributed by atoms with van der Waals surface area (Å²) in [5.41, 5.74) is -0.786. The Morgan fingerprint density at radius 2 is 1.90 bits per heavy atom. The lowest BCUT2D eigenvalue weighted by atomic mass is 10.1. The third-order valence-electron chi connectivity index (χ3n) is 3.32. The van der Waals surface area contributed by atoms with Crippen molar-refractivity contribution in [2.24, 2.45) is 0 Å². The van der Waals surface area contributed by atoms with Gasteiger partial charge in [0, 0.05) is 19.7 Å². The number of aromatic nitrogens is 1. The molecule has 0 N–H and O–H groups in total. The summed E-state index contributed by atoms with van der Waals surface area (Å²) in [6.45, 7) is 4.85. The monoisotopic (exact) mass is 324 g/mol. The first-order valence-electron chi connectivity index (χ1n) is 6.83. The van der Waals surface area contributed by atoms with Gasteiger partial charge < -0.3 is 9.64 Å². The van der Waals surface area contributed by atoms with Crippen LogP contribution in [-0.2, 0) is 10.9 Å². The average Bonchev–Trinajstić information content (AvgIpc) is 2.41. The molecule has 0 saturated heterocycles. The average molecular weight is 325 g/mol. The van der Waals surface area contributed by atoms with Gasteiger partial charge in [-0.2, -0.15) is 13.2 Å². The van der Waals surface area contributed by atoms with E-state index in [1.807, 2.05) is 18.7 Å². The Kier molecular flexibility index (Phi) is 6.74. The summed E-state index contributed by atoms with van der Waals surface area (Å²) >= 11 is 5.76. The van der Waals surface area contributed by atoms with E-state index in [9.17, 15) is 13.2 Å². The zero-order chi connectivity index (χ0) is 16.0. The predicted molar refractivity (Wildman–Crippen MR) is 77.8 cm³/mol. The van der Waals surface area contributed by atoms with E-state index in [1.54, 1.807) is 7.11 Å². The summed E-state index contributed by atoms with van der Waals surface area (Å²) in [6, 6.07) is 1.97. The number of halogens is 4. The largest absolute Gasteiger partial charge is 0.416 e. The van der Waals surface area contributed by atoms with Crippen LogP contribution in [0.4, 0.5) is 19.0 Å². The van der Waals surface area contributed by atoms with Gasteiger partial charge in [-0.15, -0.1) is 0 Å². The molecule has 0 saturated carbocycles. The highest BCUT2D eigenvalue weighted by Gasteiger charge is 2.32. The van der Waals surface area contributed by atoms with Gasteiger partial charge in [-0.25, -0.2) is 4.98 Å². The maximum atomic E-state index is 12.9. The summed E-state index contributed by atoms with van der Waals surface area (Å²) in [7, 11) is 1.55. The lowest BCUT2D eigenvalue weighted by molar-refractivity contribution is -0.137. The van der Waals surface area contributed by atoms with Crippen molar-refractivity contribution in [1.82, 2.24) is 4.98 Å². The van der Waals surface area contributed by atoms with Gasteiger partial charge in [-0.1, -0.05) is 25.4 Å². The zero-order valence-electron chi connectivity index (χ0n) is 12.4. The molecule has 0 atom stereocenters. The Bertz CT molecular complexity index is 450. The molecule has 1 aromatic heterocycles. The van der Waals surface area contributed by atoms with E-state index in [1.165, 1.54) is 0 Å². The second kappa shape index (κ2) is 7.84. The van der Waals surface area contributed by atoms with Crippen molar-refractivity contribution in [1.29, 1.82) is 0 Å². The second-order valence-electron chi connectivity index (χ2n) is 4.69. The molecule has 1 heterocycles. The molecule has 0 aromatic carbocycles. The van der Waals surface area contributed by atoms with Crippen LogP contribution in [-0.4, -0.2) is 31.3 Å². The van der Waals surface area contributed by atoms with Crippen molar-refractivity contribution in [3.05, 3.63) is 22.8 Å². The Labute approximate surface area is 128 Å². The van der Waals surface area contributed by atoms with Gasteiger partial charge in [0.2, 0.25) is 0 Å². The van der Waals surface area contributed by atoms with Gasteiger partial charge >= 0.3 is 6.18 Å². The number of ether oxygens (including phenoxy) is 1. The molecule has 0 spiro atoms. The topological polar surface area (TPSA) is 25.4 Å². The Morgan fingerprint density at radius 3 is 2.38 bits per heavy atom. The third kappa shape index (κ3) is 5.04. The predicted octanol–water partition coefficient (Wildman–Crippen LogP) is 4.40. The van der Waals surface area contributed by atoms with Gasteiger partial charge in [0.25, 0.3) is 0 Å². The fraction of sp³-hybridized carbons (Fsp3) is 0.643. The number of alkyl halides is 3. The SMILES string of the molecule is CCC(CC)N(CCOC)c1cc(C(F)(F)F)cc(Cl)n1. The van der Waals surface area contributed by atoms with Crippen molar-refractivity contribution in [2.45, 2.75) is 38.9 Å². The standard InChI is InChI=1S/C14H20ClF3N2O/c1-4-11(5-2)20(6-7-21-3)13-9-10(14(16,17)18)8-12(15)19-13/h8-9,11H,4-7H2,1-3H3. The number of methoxy groups -OCH3 is 1. The maximum Gasteiger partial charge on any atom is 0.416 e. The summed E-state index contributed by atoms with van der Waals surface area (Å²) in [5.74, 6) is 0.237. The van der Waals surface area contributed by atoms with Crippen LogP contribution < -0.4 is 4.90 Å². The van der Waals surface area contributed by atoms with E-state index in [2.05, 4.69) is 4.98 Å². The van der Waals surface area contributed by atoms with Crippen molar-refractivity contribution < 1.29 is 17.9 Å². The van der Waals surface area contributed by atoms with Crippen LogP contribution in [0.25, 0.3) is 0 Å². The van der Waals surface area contributed by atoms with E-state index in [0.29, 0.717) is 13.2 Å². The van der Waals surface area contributed by atoms with Crippen LogP contribution >= 0.6 is 11.6 Å². The van der Waals surface area contributed by atoms with E-state index in [0.717, 1.165) is 25.0 Å². The molecule has 3 nitrogen and oxygen atoms in total. The smallest absolute Gasteiger partial charge is 0.383 e. The molecule has 0 aliphatic rings. The van der Waals surface area contributed by atoms with Crippen molar-refractivity contribution in [3.8, 4) is 0 Å². The quantitative estimate of drug-likeness (QED) is 0.695. The highest BCUT2D eigenvalue weighted by atomic mass is 35.5. The Hall–Kier alpha value is -1.01. The molecule has 7 heteroatoms. The van der Waals surface area contributed by atoms with Crippen LogP contribution in [0.1, 0.15) is 32.3 Å². The van der Waals surface area contributed by atoms with Crippen molar-refractivity contribution in [2.75, 3.05) is 25.2 Å². The fourth-order valence-electron chi connectivity index (χ4n) is 2.20. The van der Waals surface area contributed by atoms with Crippen LogP contribution in [0.5, 0.6) is 0 Å². The van der Waals surface area contributed by atoms with Gasteiger partial charge in [0.15, 0.2) is 0 Å². The molecule has 1 aromatic rings. The molecule has 21 heavy (non-hydrogen) atoms. The highest BCUT2D eigenvalue weighted by Crippen LogP contribution is 2.33. The first kappa shape index (κ1) is 18.0. The molecule has 0 aliphatic carbocycles. The minimum absolute atomic E-state index is 0.0900. The van der Waals surface area contributed by atoms with Crippen LogP contribution in [0.2, 0.25) is 5.15 Å². The summed E-state index contributed by atoms with van der Waals surface area (Å²) in [6.07, 6.45) is -2.84. The molecule has 0 unspecified atom stereocenters. The van der Waals surface area contributed by atoms with E-state index in [-0.39, 0.29) is 17.0 Å². The molecule has 0 bridgehead atoms. The van der Waals surface area contributed by atoms with Crippen LogP contribution in [0.3, 0.4) is 0 Å². The molecule has 0 fully saturated rings. The normalized spacial score (nSPS) is 12.0. The van der Waals surface area contributed by atoms with Gasteiger partial charge in [0.1, 0.15) is 11.0 Å². The number of nitrogens with zero attached hydrogens (tertiary/aromatic N) is 2. The molecule has 0 amide bonds. The number of anilines is 1. The minimum Gasteiger partial charge on any atom is -0.383 e. The molecular formula is C14H20ClF3N2O. The van der Waals surface area contributed by atoms with E-state index >= 15 is 0 Å². The van der Waals surface area contributed by atoms with E-state index < -0.39 is 11.7 Å². The zero-order valence-corrected chi connectivity index (χ0v) is 13.1. The van der Waals surface area contributed by atoms with Gasteiger partial charge in [-0.05, 0) is 25.0 Å². The Morgan fingerprint density at radius 1 is 1.29 bits per heavy atom. The number of hydrogen-bond acceptors (Lipinski definition) is 3. The Balaban J connectivity index is 3.20. The second-order valence-corrected chi connectivity index (χ2v) is 5.08. The van der Waals surface area contributed by atoms with Crippen molar-refractivity contribution >= 4 is 17.4 Å². The first-order chi connectivity index (χ1) is 9.83. The lowest BCUT2D eigenvalue weighted by Gasteiger charge is -2.32. The minimum atomic E-state index is -4.44. The van der Waals surface area contributed by atoms with Crippen LogP contribution in [0.15, 0.2) is 12.1 Å². The first-order valence-corrected chi connectivity index (χ1v) is 7.21. The number of rotatable bonds is 7. The molecule has 0 radical (unpaired) electrons. The summed E-state index contributed by atoms with van der Waals surface area (Å²) in [4.78, 5) is 5.88. The van der Waals surface area contributed by atoms with Crippen molar-refractivity contribution in [3.63, 3.8) is 0 Å². The van der Waals surface area contributed by atoms with Crippen LogP contribution in [0, 0.1) is 0 Å². The molecule has 120 valence electrons. The molecule has 0 aliphatic heterocycles. The van der Waals surface area contributed by atoms with E-state index in [4.69, 9.17) is 16.3 Å². The maximum absolute atomic E-state index is 12.9. The molecular weight excluding hydrogens is 305 g/mol. The molecule has 1 rings (SSSR count). The number of pyridine rings is 1. The fourth-order valence-corrected chi connectivity index (χ4v) is 2.40. The van der Waals surface area contributed by atoms with Gasteiger partial charge in [-0.3, -0.25) is 0 Å². The summed E-state index contributed by atoms with van der Waals surface area (Å²) in [5, 5.41) is -0.159. The number of hydrogen-bond donors (Lipinski definition) is 0. The van der Waals surface area contributed by atoms with Gasteiger partial charge in [0.05, 0.1) is 12.2 Å². The highest BCUT2D eigenvalue weighted by molar-refractivity contribution is 6.29. The lowest BCUT2D eigenvalue weighted by Crippen LogP contribution is -2.38. The summed E-state index contributed by atoms with van der Waals surface area (Å²) < 4.78 is 43.7. The third-order valence-corrected chi connectivity index (χ3v) is 3.52.